The Morgan fingerprint density at radius 3 is 2.29 bits per heavy atom. The van der Waals surface area contributed by atoms with Crippen LogP contribution in [0.3, 0.4) is 0 Å². The van der Waals surface area contributed by atoms with Crippen molar-refractivity contribution in [2.24, 2.45) is 0 Å². The summed E-state index contributed by atoms with van der Waals surface area (Å²) in [7, 11) is 1.38. The van der Waals surface area contributed by atoms with Gasteiger partial charge >= 0.3 is 0 Å². The van der Waals surface area contributed by atoms with Crippen LogP contribution in [0.2, 0.25) is 0 Å². The van der Waals surface area contributed by atoms with Gasteiger partial charge in [-0.25, -0.2) is 0 Å². The number of carbonyl (C=O) groups is 2. The van der Waals surface area contributed by atoms with Gasteiger partial charge in [-0.1, -0.05) is 0 Å². The number of phenols is 2. The maximum atomic E-state index is 12.8. The zero-order valence-electron chi connectivity index (χ0n) is 13.2. The maximum Gasteiger partial charge on any atom is 0.201 e. The van der Waals surface area contributed by atoms with Gasteiger partial charge in [0.2, 0.25) is 5.78 Å². The smallest absolute Gasteiger partial charge is 0.201 e. The van der Waals surface area contributed by atoms with Crippen molar-refractivity contribution in [2.75, 3.05) is 7.11 Å². The number of aliphatic hydroxyl groups excluding tert-OH is 1. The lowest BCUT2D eigenvalue weighted by Gasteiger charge is -2.22. The summed E-state index contributed by atoms with van der Waals surface area (Å²) in [6.45, 7) is 1.62. The summed E-state index contributed by atoms with van der Waals surface area (Å²) in [5.74, 6) is -1.58. The molecular weight excluding hydrogens is 312 g/mol. The molecule has 0 amide bonds. The summed E-state index contributed by atoms with van der Waals surface area (Å²) in [6.07, 6.45) is -0.328. The van der Waals surface area contributed by atoms with Crippen LogP contribution < -0.4 is 4.74 Å². The fourth-order valence-electron chi connectivity index (χ4n) is 3.01. The zero-order valence-corrected chi connectivity index (χ0v) is 13.2. The minimum atomic E-state index is -0.623. The van der Waals surface area contributed by atoms with Gasteiger partial charge in [-0.05, 0) is 37.1 Å². The predicted octanol–water partition coefficient (Wildman–Crippen LogP) is 1.81. The molecule has 0 spiro atoms. The van der Waals surface area contributed by atoms with E-state index in [0.29, 0.717) is 12.0 Å². The van der Waals surface area contributed by atoms with Gasteiger partial charge in [0.05, 0.1) is 24.3 Å². The molecule has 1 aliphatic rings. The summed E-state index contributed by atoms with van der Waals surface area (Å²) in [5, 5.41) is 29.2. The van der Waals surface area contributed by atoms with E-state index < -0.39 is 23.4 Å². The number of hydrogen-bond donors (Lipinski definition) is 3. The molecule has 3 rings (SSSR count). The van der Waals surface area contributed by atoms with Gasteiger partial charge in [0.25, 0.3) is 0 Å². The molecule has 0 bridgehead atoms. The molecule has 3 N–H and O–H groups in total. The Bertz CT molecular complexity index is 866. The number of ketones is 2. The molecule has 1 unspecified atom stereocenters. The highest BCUT2D eigenvalue weighted by atomic mass is 16.5. The van der Waals surface area contributed by atoms with Crippen LogP contribution in [0, 0.1) is 0 Å². The first kappa shape index (κ1) is 16.0. The Morgan fingerprint density at radius 1 is 1.00 bits per heavy atom. The van der Waals surface area contributed by atoms with E-state index in [9.17, 15) is 24.9 Å². The average molecular weight is 328 g/mol. The number of aromatic hydroxyl groups is 2. The molecule has 24 heavy (non-hydrogen) atoms. The van der Waals surface area contributed by atoms with Crippen LogP contribution in [0.15, 0.2) is 24.3 Å². The third-order valence-electron chi connectivity index (χ3n) is 3.96. The summed E-state index contributed by atoms with van der Waals surface area (Å²) < 4.78 is 5.25. The van der Waals surface area contributed by atoms with E-state index in [1.165, 1.54) is 13.2 Å². The minimum Gasteiger partial charge on any atom is -0.508 e. The molecule has 1 atom stereocenters. The highest BCUT2D eigenvalue weighted by Gasteiger charge is 2.35. The second-order valence-electron chi connectivity index (χ2n) is 5.82. The van der Waals surface area contributed by atoms with Gasteiger partial charge in [-0.15, -0.1) is 0 Å². The summed E-state index contributed by atoms with van der Waals surface area (Å²) in [5.41, 5.74) is 0.653. The molecule has 0 radical (unpaired) electrons. The van der Waals surface area contributed by atoms with Crippen LogP contribution in [-0.4, -0.2) is 40.1 Å². The van der Waals surface area contributed by atoms with E-state index in [4.69, 9.17) is 4.74 Å². The fraction of sp³-hybridized carbons (Fsp3) is 0.222. The van der Waals surface area contributed by atoms with Crippen molar-refractivity contribution in [1.82, 2.24) is 0 Å². The summed E-state index contributed by atoms with van der Waals surface area (Å²) >= 11 is 0. The first-order valence-electron chi connectivity index (χ1n) is 7.37. The molecule has 0 aromatic heterocycles. The van der Waals surface area contributed by atoms with Gasteiger partial charge < -0.3 is 20.1 Å². The van der Waals surface area contributed by atoms with E-state index in [-0.39, 0.29) is 33.8 Å². The predicted molar refractivity (Wildman–Crippen MR) is 85.0 cm³/mol. The Kier molecular flexibility index (Phi) is 3.77. The number of ether oxygens (including phenoxy) is 1. The van der Waals surface area contributed by atoms with Crippen molar-refractivity contribution in [2.45, 2.75) is 19.4 Å². The van der Waals surface area contributed by atoms with Crippen molar-refractivity contribution in [3.05, 3.63) is 52.1 Å². The highest BCUT2D eigenvalue weighted by molar-refractivity contribution is 6.30. The Hall–Kier alpha value is -2.86. The van der Waals surface area contributed by atoms with Gasteiger partial charge in [0.15, 0.2) is 5.78 Å². The molecule has 0 aliphatic heterocycles. The lowest BCUT2D eigenvalue weighted by molar-refractivity contribution is 0.0973. The van der Waals surface area contributed by atoms with Gasteiger partial charge in [0.1, 0.15) is 17.2 Å². The quantitative estimate of drug-likeness (QED) is 0.677. The van der Waals surface area contributed by atoms with Crippen molar-refractivity contribution >= 4 is 11.6 Å². The second-order valence-corrected chi connectivity index (χ2v) is 5.82. The standard InChI is InChI=1S/C18H16O6/c1-8(19)3-9-4-11-16(14(5-9)24-2)18(23)15-12(17(11)22)6-10(20)7-13(15)21/h4-8,19-21H,3H2,1-2H3. The number of carbonyl (C=O) groups excluding carboxylic acids is 2. The summed E-state index contributed by atoms with van der Waals surface area (Å²) in [4.78, 5) is 25.5. The lowest BCUT2D eigenvalue weighted by atomic mass is 9.81. The van der Waals surface area contributed by atoms with Gasteiger partial charge in [-0.3, -0.25) is 9.59 Å². The van der Waals surface area contributed by atoms with Crippen molar-refractivity contribution in [3.8, 4) is 17.2 Å². The minimum absolute atomic E-state index is 0.0544. The highest BCUT2D eigenvalue weighted by Crippen LogP contribution is 2.39. The number of fused-ring (bicyclic) bond motifs is 2. The van der Waals surface area contributed by atoms with Crippen LogP contribution in [0.25, 0.3) is 0 Å². The first-order valence-corrected chi connectivity index (χ1v) is 7.37. The first-order chi connectivity index (χ1) is 11.3. The van der Waals surface area contributed by atoms with Gasteiger partial charge in [-0.2, -0.15) is 0 Å². The van der Waals surface area contributed by atoms with E-state index >= 15 is 0 Å². The Morgan fingerprint density at radius 2 is 1.67 bits per heavy atom. The van der Waals surface area contributed by atoms with Crippen molar-refractivity contribution in [3.63, 3.8) is 0 Å². The number of methoxy groups -OCH3 is 1. The molecule has 6 nitrogen and oxygen atoms in total. The zero-order chi connectivity index (χ0) is 17.6. The van der Waals surface area contributed by atoms with Crippen LogP contribution in [-0.2, 0) is 6.42 Å². The average Bonchev–Trinajstić information content (AvgIpc) is 2.50. The Labute approximate surface area is 137 Å². The normalized spacial score (nSPS) is 14.1. The SMILES string of the molecule is COc1cc(CC(C)O)cc2c1C(=O)c1c(O)cc(O)cc1C2=O. The number of phenolic OH excluding ortho intramolecular Hbond substituents is 2. The second kappa shape index (κ2) is 5.65. The van der Waals surface area contributed by atoms with Crippen molar-refractivity contribution in [1.29, 1.82) is 0 Å². The van der Waals surface area contributed by atoms with Crippen LogP contribution in [0.1, 0.15) is 44.3 Å². The van der Waals surface area contributed by atoms with Crippen LogP contribution in [0.5, 0.6) is 17.2 Å². The van der Waals surface area contributed by atoms with Crippen LogP contribution >= 0.6 is 0 Å². The molecule has 0 heterocycles. The van der Waals surface area contributed by atoms with E-state index in [2.05, 4.69) is 0 Å². The summed E-state index contributed by atoms with van der Waals surface area (Å²) in [6, 6.07) is 5.31. The van der Waals surface area contributed by atoms with E-state index in [1.54, 1.807) is 13.0 Å². The fourth-order valence-corrected chi connectivity index (χ4v) is 3.01. The number of hydrogen-bond acceptors (Lipinski definition) is 6. The number of rotatable bonds is 3. The third kappa shape index (κ3) is 2.41. The van der Waals surface area contributed by atoms with E-state index in [1.807, 2.05) is 0 Å². The lowest BCUT2D eigenvalue weighted by Crippen LogP contribution is -2.22. The number of benzene rings is 2. The molecular formula is C18H16O6. The molecule has 0 saturated heterocycles. The number of aliphatic hydroxyl groups is 1. The molecule has 124 valence electrons. The monoisotopic (exact) mass is 328 g/mol. The molecule has 0 fully saturated rings. The Balaban J connectivity index is 2.27. The molecule has 2 aromatic carbocycles. The largest absolute Gasteiger partial charge is 0.508 e. The van der Waals surface area contributed by atoms with Crippen molar-refractivity contribution < 1.29 is 29.6 Å². The maximum absolute atomic E-state index is 12.8. The van der Waals surface area contributed by atoms with Gasteiger partial charge in [0, 0.05) is 17.2 Å². The van der Waals surface area contributed by atoms with Crippen LogP contribution in [0.4, 0.5) is 0 Å². The molecule has 1 aliphatic carbocycles. The molecule has 2 aromatic rings. The topological polar surface area (TPSA) is 104 Å². The van der Waals surface area contributed by atoms with E-state index in [0.717, 1.165) is 12.1 Å². The molecule has 6 heteroatoms. The molecule has 0 saturated carbocycles. The third-order valence-corrected chi connectivity index (χ3v) is 3.96.